The van der Waals surface area contributed by atoms with Gasteiger partial charge in [-0.25, -0.2) is 4.39 Å². The van der Waals surface area contributed by atoms with Crippen LogP contribution < -0.4 is 10.2 Å². The van der Waals surface area contributed by atoms with Crippen LogP contribution in [0.15, 0.2) is 113 Å². The van der Waals surface area contributed by atoms with Crippen molar-refractivity contribution in [1.29, 1.82) is 0 Å². The molecule has 1 aliphatic rings. The lowest BCUT2D eigenvalue weighted by Gasteiger charge is -2.30. The van der Waals surface area contributed by atoms with Crippen LogP contribution in [0, 0.1) is 5.82 Å². The van der Waals surface area contributed by atoms with Crippen LogP contribution in [-0.2, 0) is 11.3 Å². The zero-order valence-corrected chi connectivity index (χ0v) is 21.8. The Morgan fingerprint density at radius 2 is 1.61 bits per heavy atom. The summed E-state index contributed by atoms with van der Waals surface area (Å²) < 4.78 is 14.4. The Morgan fingerprint density at radius 3 is 2.37 bits per heavy atom. The van der Waals surface area contributed by atoms with Gasteiger partial charge in [0.05, 0.1) is 17.1 Å². The number of rotatable bonds is 7. The average molecular weight is 523 g/mol. The monoisotopic (exact) mass is 522 g/mol. The van der Waals surface area contributed by atoms with Crippen LogP contribution in [-0.4, -0.2) is 18.4 Å². The van der Waals surface area contributed by atoms with Crippen molar-refractivity contribution in [2.75, 3.05) is 11.4 Å². The Morgan fingerprint density at radius 1 is 0.921 bits per heavy atom. The summed E-state index contributed by atoms with van der Waals surface area (Å²) >= 11 is 1.40. The third-order valence-corrected chi connectivity index (χ3v) is 7.60. The molecule has 0 radical (unpaired) electrons. The number of thioether (sulfide) groups is 1. The van der Waals surface area contributed by atoms with Gasteiger partial charge in [0.1, 0.15) is 5.82 Å². The summed E-state index contributed by atoms with van der Waals surface area (Å²) in [5.41, 5.74) is 3.76. The second-order valence-electron chi connectivity index (χ2n) is 9.20. The van der Waals surface area contributed by atoms with Crippen LogP contribution in [0.3, 0.4) is 0 Å². The molecule has 0 aromatic heterocycles. The number of halogens is 1. The molecule has 0 unspecified atom stereocenters. The summed E-state index contributed by atoms with van der Waals surface area (Å²) in [4.78, 5) is 29.3. The molecule has 5 rings (SSSR count). The van der Waals surface area contributed by atoms with Crippen LogP contribution in [0.1, 0.15) is 39.9 Å². The highest BCUT2D eigenvalue weighted by Crippen LogP contribution is 2.42. The highest BCUT2D eigenvalue weighted by molar-refractivity contribution is 8.04. The lowest BCUT2D eigenvalue weighted by molar-refractivity contribution is -0.114. The number of carbonyl (C=O) groups excluding carboxylic acids is 2. The molecule has 4 aromatic carbocycles. The number of fused-ring (bicyclic) bond motifs is 1. The minimum absolute atomic E-state index is 0.139. The second kappa shape index (κ2) is 11.5. The Balaban J connectivity index is 1.31. The first-order chi connectivity index (χ1) is 18.5. The third kappa shape index (κ3) is 5.71. The molecule has 0 saturated carbocycles. The second-order valence-corrected chi connectivity index (χ2v) is 10.3. The van der Waals surface area contributed by atoms with Crippen molar-refractivity contribution in [3.05, 3.63) is 136 Å². The Bertz CT molecular complexity index is 1490. The largest absolute Gasteiger partial charge is 0.351 e. The molecule has 0 aliphatic carbocycles. The lowest BCUT2D eigenvalue weighted by Crippen LogP contribution is -2.34. The normalized spacial score (nSPS) is 14.7. The molecule has 1 aliphatic heterocycles. The number of nitrogens with zero attached hydrogens (tertiary/aromatic N) is 1. The summed E-state index contributed by atoms with van der Waals surface area (Å²) in [5.74, 6) is -0.462. The van der Waals surface area contributed by atoms with Gasteiger partial charge in [-0.05, 0) is 53.5 Å². The molecular weight excluding hydrogens is 495 g/mol. The van der Waals surface area contributed by atoms with Crippen molar-refractivity contribution < 1.29 is 14.0 Å². The van der Waals surface area contributed by atoms with Gasteiger partial charge in [-0.1, -0.05) is 91.5 Å². The van der Waals surface area contributed by atoms with E-state index >= 15 is 0 Å². The van der Waals surface area contributed by atoms with E-state index in [9.17, 15) is 14.0 Å². The predicted octanol–water partition coefficient (Wildman–Crippen LogP) is 7.04. The number of carbonyl (C=O) groups is 2. The van der Waals surface area contributed by atoms with Crippen molar-refractivity contribution in [2.45, 2.75) is 24.3 Å². The highest BCUT2D eigenvalue weighted by Gasteiger charge is 2.29. The molecule has 190 valence electrons. The fourth-order valence-electron chi connectivity index (χ4n) is 4.35. The zero-order chi connectivity index (χ0) is 26.5. The summed E-state index contributed by atoms with van der Waals surface area (Å²) in [5, 5.41) is 3.00. The van der Waals surface area contributed by atoms with Crippen molar-refractivity contribution >= 4 is 35.3 Å². The van der Waals surface area contributed by atoms with Crippen LogP contribution in [0.5, 0.6) is 0 Å². The molecule has 4 nitrogen and oxygen atoms in total. The molecular formula is C32H27FN2O2S. The fourth-order valence-corrected chi connectivity index (χ4v) is 5.40. The maximum Gasteiger partial charge on any atom is 0.265 e. The minimum Gasteiger partial charge on any atom is -0.351 e. The van der Waals surface area contributed by atoms with E-state index in [0.717, 1.165) is 16.1 Å². The molecule has 0 saturated heterocycles. The summed E-state index contributed by atoms with van der Waals surface area (Å²) in [6.07, 6.45) is 1.82. The molecule has 1 N–H and O–H groups in total. The van der Waals surface area contributed by atoms with Gasteiger partial charge < -0.3 is 10.2 Å². The van der Waals surface area contributed by atoms with Gasteiger partial charge in [0.15, 0.2) is 0 Å². The zero-order valence-electron chi connectivity index (χ0n) is 20.9. The first kappa shape index (κ1) is 25.5. The average Bonchev–Trinajstić information content (AvgIpc) is 2.95. The number of nitrogens with one attached hydrogen (secondary N) is 1. The number of amides is 2. The number of anilines is 1. The van der Waals surface area contributed by atoms with Gasteiger partial charge >= 0.3 is 0 Å². The Kier molecular flexibility index (Phi) is 7.70. The molecule has 0 fully saturated rings. The van der Waals surface area contributed by atoms with Gasteiger partial charge in [0.25, 0.3) is 11.8 Å². The molecule has 2 amide bonds. The molecule has 0 spiro atoms. The van der Waals surface area contributed by atoms with Crippen LogP contribution in [0.4, 0.5) is 10.1 Å². The van der Waals surface area contributed by atoms with Crippen molar-refractivity contribution in [2.24, 2.45) is 0 Å². The van der Waals surface area contributed by atoms with Crippen LogP contribution in [0.25, 0.3) is 6.08 Å². The number of hydrogen-bond acceptors (Lipinski definition) is 3. The Labute approximate surface area is 226 Å². The number of hydrogen-bond donors (Lipinski definition) is 1. The lowest BCUT2D eigenvalue weighted by atomic mass is 10.0. The van der Waals surface area contributed by atoms with Gasteiger partial charge in [-0.2, -0.15) is 0 Å². The standard InChI is InChI=1S/C32H27FN2O2S/c1-22(24-9-3-2-4-10-24)20-34-31(36)25-17-15-23(16-18-25)19-30-32(37)35(21-26-11-5-6-12-27(26)33)28-13-7-8-14-29(28)38-30/h2-19,22H,20-21H2,1H3,(H,34,36)/b30-19+/t22-/m1/s1. The molecule has 1 heterocycles. The molecule has 0 bridgehead atoms. The molecule has 4 aromatic rings. The summed E-state index contributed by atoms with van der Waals surface area (Å²) in [6.45, 7) is 2.76. The van der Waals surface area contributed by atoms with E-state index in [4.69, 9.17) is 0 Å². The first-order valence-corrected chi connectivity index (χ1v) is 13.3. The molecule has 6 heteroatoms. The van der Waals surface area contributed by atoms with E-state index < -0.39 is 0 Å². The highest BCUT2D eigenvalue weighted by atomic mass is 32.2. The van der Waals surface area contributed by atoms with E-state index in [-0.39, 0.29) is 30.1 Å². The number of para-hydroxylation sites is 1. The van der Waals surface area contributed by atoms with E-state index in [1.165, 1.54) is 23.4 Å². The van der Waals surface area contributed by atoms with Crippen molar-refractivity contribution in [3.63, 3.8) is 0 Å². The van der Waals surface area contributed by atoms with Gasteiger partial charge in [-0.3, -0.25) is 9.59 Å². The Hall–Kier alpha value is -4.16. The smallest absolute Gasteiger partial charge is 0.265 e. The van der Waals surface area contributed by atoms with Crippen LogP contribution >= 0.6 is 11.8 Å². The predicted molar refractivity (Wildman–Crippen MR) is 151 cm³/mol. The molecule has 1 atom stereocenters. The number of benzene rings is 4. The van der Waals surface area contributed by atoms with Crippen molar-refractivity contribution in [1.82, 2.24) is 5.32 Å². The summed E-state index contributed by atoms with van der Waals surface area (Å²) in [7, 11) is 0. The fraction of sp³-hybridized carbons (Fsp3) is 0.125. The topological polar surface area (TPSA) is 49.4 Å². The SMILES string of the molecule is C[C@H](CNC(=O)c1ccc(/C=C2/Sc3ccccc3N(Cc3ccccc3F)C2=O)cc1)c1ccccc1. The summed E-state index contributed by atoms with van der Waals surface area (Å²) in [6, 6.07) is 31.4. The van der Waals surface area contributed by atoms with Gasteiger partial charge in [0, 0.05) is 22.6 Å². The quantitative estimate of drug-likeness (QED) is 0.265. The van der Waals surface area contributed by atoms with Crippen molar-refractivity contribution in [3.8, 4) is 0 Å². The first-order valence-electron chi connectivity index (χ1n) is 12.5. The van der Waals surface area contributed by atoms with Gasteiger partial charge in [-0.15, -0.1) is 0 Å². The van der Waals surface area contributed by atoms with E-state index in [2.05, 4.69) is 24.4 Å². The maximum absolute atomic E-state index is 14.4. The van der Waals surface area contributed by atoms with E-state index in [1.54, 1.807) is 35.2 Å². The van der Waals surface area contributed by atoms with Crippen LogP contribution in [0.2, 0.25) is 0 Å². The molecule has 38 heavy (non-hydrogen) atoms. The third-order valence-electron chi connectivity index (χ3n) is 6.53. The minimum atomic E-state index is -0.339. The maximum atomic E-state index is 14.4. The van der Waals surface area contributed by atoms with E-state index in [1.807, 2.05) is 60.7 Å². The van der Waals surface area contributed by atoms with E-state index in [0.29, 0.717) is 22.6 Å². The van der Waals surface area contributed by atoms with Gasteiger partial charge in [0.2, 0.25) is 0 Å².